The summed E-state index contributed by atoms with van der Waals surface area (Å²) in [5.41, 5.74) is 6.99. The quantitative estimate of drug-likeness (QED) is 0.688. The Balaban J connectivity index is 1.14. The summed E-state index contributed by atoms with van der Waals surface area (Å²) >= 11 is 0. The fraction of sp³-hybridized carbons (Fsp3) is 0.458. The Morgan fingerprint density at radius 2 is 1.59 bits per heavy atom. The van der Waals surface area contributed by atoms with Crippen LogP contribution in [0.2, 0.25) is 0 Å². The summed E-state index contributed by atoms with van der Waals surface area (Å²) in [5, 5.41) is 0. The molecule has 2 fully saturated rings. The Labute approximate surface area is 186 Å². The monoisotopic (exact) mass is 441 g/mol. The maximum Gasteiger partial charge on any atom is 0.431 e. The van der Waals surface area contributed by atoms with E-state index in [-0.39, 0.29) is 31.3 Å². The van der Waals surface area contributed by atoms with Crippen LogP contribution in [0.4, 0.5) is 4.79 Å². The topological polar surface area (TPSA) is 84.5 Å². The average molecular weight is 441 g/mol. The molecule has 0 bridgehead atoms. The molecular formula is C24H27NO7. The molecule has 2 aliphatic heterocycles. The van der Waals surface area contributed by atoms with Crippen LogP contribution in [-0.4, -0.2) is 56.8 Å². The first-order chi connectivity index (χ1) is 15.5. The molecular weight excluding hydrogens is 414 g/mol. The number of nitrogens with one attached hydrogen (secondary N) is 1. The zero-order chi connectivity index (χ0) is 22.3. The average Bonchev–Trinajstić information content (AvgIpc) is 3.39. The number of hydroxylamine groups is 1. The van der Waals surface area contributed by atoms with Crippen LogP contribution < -0.4 is 5.48 Å². The fourth-order valence-corrected chi connectivity index (χ4v) is 4.78. The molecule has 170 valence electrons. The Kier molecular flexibility index (Phi) is 5.65. The van der Waals surface area contributed by atoms with Crippen molar-refractivity contribution in [2.24, 2.45) is 0 Å². The largest absolute Gasteiger partial charge is 0.447 e. The van der Waals surface area contributed by atoms with Gasteiger partial charge >= 0.3 is 6.09 Å². The summed E-state index contributed by atoms with van der Waals surface area (Å²) in [6.45, 7) is 3.96. The van der Waals surface area contributed by atoms with Gasteiger partial charge in [-0.15, -0.1) is 0 Å². The molecule has 1 aliphatic carbocycles. The number of methoxy groups -OCH3 is 1. The van der Waals surface area contributed by atoms with E-state index in [1.807, 2.05) is 38.1 Å². The Hall–Kier alpha value is -2.49. The molecule has 0 saturated carbocycles. The van der Waals surface area contributed by atoms with Gasteiger partial charge in [0.25, 0.3) is 0 Å². The van der Waals surface area contributed by atoms with Crippen LogP contribution in [0.15, 0.2) is 48.5 Å². The molecule has 8 heteroatoms. The van der Waals surface area contributed by atoms with Crippen LogP contribution in [-0.2, 0) is 28.5 Å². The summed E-state index contributed by atoms with van der Waals surface area (Å²) in [7, 11) is 1.55. The maximum absolute atomic E-state index is 12.3. The third kappa shape index (κ3) is 3.89. The van der Waals surface area contributed by atoms with Gasteiger partial charge in [0.15, 0.2) is 12.1 Å². The molecule has 3 aliphatic rings. The first-order valence-electron chi connectivity index (χ1n) is 10.7. The molecule has 5 rings (SSSR count). The molecule has 2 saturated heterocycles. The van der Waals surface area contributed by atoms with Crippen molar-refractivity contribution in [1.29, 1.82) is 0 Å². The maximum atomic E-state index is 12.3. The highest BCUT2D eigenvalue weighted by atomic mass is 16.8. The van der Waals surface area contributed by atoms with Gasteiger partial charge < -0.3 is 23.7 Å². The zero-order valence-electron chi connectivity index (χ0n) is 18.3. The summed E-state index contributed by atoms with van der Waals surface area (Å²) in [6, 6.07) is 16.4. The van der Waals surface area contributed by atoms with Crippen LogP contribution in [0, 0.1) is 0 Å². The van der Waals surface area contributed by atoms with Crippen molar-refractivity contribution in [2.75, 3.05) is 20.3 Å². The van der Waals surface area contributed by atoms with E-state index in [4.69, 9.17) is 28.5 Å². The number of rotatable bonds is 6. The van der Waals surface area contributed by atoms with Crippen molar-refractivity contribution >= 4 is 6.09 Å². The molecule has 4 atom stereocenters. The van der Waals surface area contributed by atoms with Gasteiger partial charge in [-0.05, 0) is 36.1 Å². The summed E-state index contributed by atoms with van der Waals surface area (Å²) in [6.07, 6.45) is -2.35. The van der Waals surface area contributed by atoms with Crippen LogP contribution in [0.3, 0.4) is 0 Å². The van der Waals surface area contributed by atoms with Crippen LogP contribution in [0.25, 0.3) is 11.1 Å². The summed E-state index contributed by atoms with van der Waals surface area (Å²) in [4.78, 5) is 17.6. The molecule has 2 heterocycles. The molecule has 1 N–H and O–H groups in total. The SMILES string of the molecule is CO[C@@H]1O[C@H](CONC(=O)OCC2c3ccccc3-c3ccccc32)[C@H]2OC(C)(C)O[C@@H]12. The fourth-order valence-electron chi connectivity index (χ4n) is 4.78. The van der Waals surface area contributed by atoms with Gasteiger partial charge in [-0.2, -0.15) is 5.48 Å². The molecule has 2 aromatic carbocycles. The van der Waals surface area contributed by atoms with Crippen LogP contribution in [0.1, 0.15) is 30.9 Å². The first-order valence-corrected chi connectivity index (χ1v) is 10.7. The molecule has 0 aromatic heterocycles. The van der Waals surface area contributed by atoms with Crippen molar-refractivity contribution in [1.82, 2.24) is 5.48 Å². The van der Waals surface area contributed by atoms with E-state index in [2.05, 4.69) is 29.7 Å². The number of hydrogen-bond acceptors (Lipinski definition) is 7. The second-order valence-corrected chi connectivity index (χ2v) is 8.58. The number of ether oxygens (including phenoxy) is 5. The second-order valence-electron chi connectivity index (χ2n) is 8.58. The lowest BCUT2D eigenvalue weighted by Gasteiger charge is -2.23. The van der Waals surface area contributed by atoms with Gasteiger partial charge in [-0.3, -0.25) is 4.84 Å². The van der Waals surface area contributed by atoms with Gasteiger partial charge in [-0.25, -0.2) is 4.79 Å². The molecule has 0 radical (unpaired) electrons. The summed E-state index contributed by atoms with van der Waals surface area (Å²) in [5.74, 6) is -0.741. The highest BCUT2D eigenvalue weighted by Gasteiger charge is 2.55. The lowest BCUT2D eigenvalue weighted by Crippen LogP contribution is -2.36. The normalized spacial score (nSPS) is 27.6. The standard InChI is InChI=1S/C24H27NO7/c1-24(2)31-20-19(30-22(27-3)21(20)32-24)13-29-25-23(26)28-12-18-16-10-6-4-8-14(16)15-9-5-7-11-17(15)18/h4-11,18-22H,12-13H2,1-3H3,(H,25,26)/t19-,20-,21-,22-/m1/s1. The minimum absolute atomic E-state index is 0.0131. The first kappa shape index (κ1) is 21.4. The number of benzene rings is 2. The van der Waals surface area contributed by atoms with E-state index in [0.29, 0.717) is 0 Å². The third-order valence-corrected chi connectivity index (χ3v) is 6.09. The number of fused-ring (bicyclic) bond motifs is 4. The van der Waals surface area contributed by atoms with Crippen molar-refractivity contribution in [3.05, 3.63) is 59.7 Å². The van der Waals surface area contributed by atoms with Crippen molar-refractivity contribution in [2.45, 2.75) is 50.2 Å². The van der Waals surface area contributed by atoms with Gasteiger partial charge in [-0.1, -0.05) is 48.5 Å². The number of hydrogen-bond donors (Lipinski definition) is 1. The van der Waals surface area contributed by atoms with E-state index in [1.165, 1.54) is 11.1 Å². The predicted octanol–water partition coefficient (Wildman–Crippen LogP) is 3.35. The van der Waals surface area contributed by atoms with E-state index < -0.39 is 24.3 Å². The molecule has 0 spiro atoms. The molecule has 32 heavy (non-hydrogen) atoms. The summed E-state index contributed by atoms with van der Waals surface area (Å²) < 4.78 is 28.3. The lowest BCUT2D eigenvalue weighted by atomic mass is 9.98. The Morgan fingerprint density at radius 1 is 0.969 bits per heavy atom. The highest BCUT2D eigenvalue weighted by molar-refractivity contribution is 5.79. The minimum Gasteiger partial charge on any atom is -0.447 e. The lowest BCUT2D eigenvalue weighted by molar-refractivity contribution is -0.233. The van der Waals surface area contributed by atoms with Crippen molar-refractivity contribution in [3.63, 3.8) is 0 Å². The Morgan fingerprint density at radius 3 is 2.25 bits per heavy atom. The van der Waals surface area contributed by atoms with E-state index in [9.17, 15) is 4.79 Å². The van der Waals surface area contributed by atoms with Crippen molar-refractivity contribution in [3.8, 4) is 11.1 Å². The van der Waals surface area contributed by atoms with Crippen LogP contribution in [0.5, 0.6) is 0 Å². The molecule has 8 nitrogen and oxygen atoms in total. The zero-order valence-corrected chi connectivity index (χ0v) is 18.3. The van der Waals surface area contributed by atoms with Gasteiger partial charge in [0, 0.05) is 13.0 Å². The van der Waals surface area contributed by atoms with E-state index >= 15 is 0 Å². The molecule has 2 aromatic rings. The van der Waals surface area contributed by atoms with Gasteiger partial charge in [0.1, 0.15) is 31.5 Å². The number of amides is 1. The molecule has 1 amide bonds. The number of carbonyl (C=O) groups excluding carboxylic acids is 1. The molecule has 0 unspecified atom stereocenters. The smallest absolute Gasteiger partial charge is 0.431 e. The van der Waals surface area contributed by atoms with Gasteiger partial charge in [0.05, 0.1) is 0 Å². The highest BCUT2D eigenvalue weighted by Crippen LogP contribution is 2.44. The minimum atomic E-state index is -0.728. The van der Waals surface area contributed by atoms with E-state index in [0.717, 1.165) is 11.1 Å². The predicted molar refractivity (Wildman–Crippen MR) is 114 cm³/mol. The number of carbonyl (C=O) groups is 1. The van der Waals surface area contributed by atoms with Crippen LogP contribution >= 0.6 is 0 Å². The van der Waals surface area contributed by atoms with Crippen molar-refractivity contribution < 1.29 is 33.3 Å². The van der Waals surface area contributed by atoms with E-state index in [1.54, 1.807) is 7.11 Å². The third-order valence-electron chi connectivity index (χ3n) is 6.09. The second kappa shape index (κ2) is 8.46. The Bertz CT molecular complexity index is 948. The van der Waals surface area contributed by atoms with Gasteiger partial charge in [0.2, 0.25) is 0 Å².